The van der Waals surface area contributed by atoms with Crippen molar-refractivity contribution in [1.82, 2.24) is 15.0 Å². The molecule has 0 aliphatic carbocycles. The van der Waals surface area contributed by atoms with Crippen LogP contribution in [0.2, 0.25) is 0 Å². The van der Waals surface area contributed by atoms with Crippen LogP contribution in [0.4, 0.5) is 0 Å². The molecule has 0 radical (unpaired) electrons. The molecule has 2 heterocycles. The second kappa shape index (κ2) is 6.94. The summed E-state index contributed by atoms with van der Waals surface area (Å²) in [5, 5.41) is 1.17. The van der Waals surface area contributed by atoms with E-state index in [-0.39, 0.29) is 6.10 Å². The van der Waals surface area contributed by atoms with Crippen molar-refractivity contribution in [2.45, 2.75) is 20.0 Å². The van der Waals surface area contributed by atoms with Crippen LogP contribution in [0.3, 0.4) is 0 Å². The van der Waals surface area contributed by atoms with Gasteiger partial charge in [-0.3, -0.25) is 0 Å². The molecule has 2 aromatic heterocycles. The van der Waals surface area contributed by atoms with Crippen LogP contribution in [-0.4, -0.2) is 35.3 Å². The maximum absolute atomic E-state index is 6.25. The minimum absolute atomic E-state index is 0.281. The van der Waals surface area contributed by atoms with Crippen molar-refractivity contribution < 1.29 is 9.47 Å². The van der Waals surface area contributed by atoms with Gasteiger partial charge in [0.25, 0.3) is 0 Å². The monoisotopic (exact) mass is 349 g/mol. The fourth-order valence-corrected chi connectivity index (χ4v) is 3.60. The lowest BCUT2D eigenvalue weighted by Crippen LogP contribution is -2.13. The van der Waals surface area contributed by atoms with Crippen molar-refractivity contribution in [3.05, 3.63) is 65.1 Å². The highest BCUT2D eigenvalue weighted by molar-refractivity contribution is 5.88. The number of nitrogens with one attached hydrogen (secondary N) is 2. The van der Waals surface area contributed by atoms with Gasteiger partial charge in [-0.05, 0) is 43.2 Å². The minimum Gasteiger partial charge on any atom is -0.382 e. The zero-order valence-corrected chi connectivity index (χ0v) is 15.3. The summed E-state index contributed by atoms with van der Waals surface area (Å²) in [4.78, 5) is 11.6. The second-order valence-corrected chi connectivity index (χ2v) is 6.57. The van der Waals surface area contributed by atoms with Gasteiger partial charge < -0.3 is 19.4 Å². The van der Waals surface area contributed by atoms with Crippen LogP contribution >= 0.6 is 0 Å². The van der Waals surface area contributed by atoms with E-state index in [0.717, 1.165) is 27.9 Å². The summed E-state index contributed by atoms with van der Waals surface area (Å²) in [6, 6.07) is 12.4. The van der Waals surface area contributed by atoms with Crippen LogP contribution in [0.25, 0.3) is 21.9 Å². The molecule has 134 valence electrons. The van der Waals surface area contributed by atoms with Crippen molar-refractivity contribution in [3.8, 4) is 0 Å². The molecule has 0 fully saturated rings. The first kappa shape index (κ1) is 16.8. The maximum atomic E-state index is 6.25. The average molecular weight is 349 g/mol. The Balaban J connectivity index is 1.87. The van der Waals surface area contributed by atoms with Crippen LogP contribution in [0.5, 0.6) is 0 Å². The molecule has 5 nitrogen and oxygen atoms in total. The number of ether oxygens (including phenoxy) is 2. The van der Waals surface area contributed by atoms with Crippen LogP contribution < -0.4 is 0 Å². The zero-order valence-electron chi connectivity index (χ0n) is 15.3. The van der Waals surface area contributed by atoms with Gasteiger partial charge in [0.2, 0.25) is 0 Å². The quantitative estimate of drug-likeness (QED) is 0.507. The summed E-state index contributed by atoms with van der Waals surface area (Å²) in [5.74, 6) is 0.816. The van der Waals surface area contributed by atoms with E-state index in [1.165, 1.54) is 16.5 Å². The standard InChI is InChI=1S/C21H23N3O2/c1-13-12-14(2)19-15(8-9-22-19)18(13)20(26-11-10-25-3)21-23-16-6-4-5-7-17(16)24-21/h4-9,12,20,22H,10-11H2,1-3H3,(H,23,24). The molecule has 26 heavy (non-hydrogen) atoms. The number of imidazole rings is 1. The van der Waals surface area contributed by atoms with Gasteiger partial charge >= 0.3 is 0 Å². The number of aromatic amines is 2. The van der Waals surface area contributed by atoms with Gasteiger partial charge in [-0.15, -0.1) is 0 Å². The first-order valence-electron chi connectivity index (χ1n) is 8.81. The number of methoxy groups -OCH3 is 1. The SMILES string of the molecule is COCCOC(c1nc2ccccc2[nH]1)c1c(C)cc(C)c2[nH]ccc12. The van der Waals surface area contributed by atoms with Crippen molar-refractivity contribution in [3.63, 3.8) is 0 Å². The van der Waals surface area contributed by atoms with Gasteiger partial charge in [0.15, 0.2) is 0 Å². The number of hydrogen-bond donors (Lipinski definition) is 2. The number of benzene rings is 2. The normalized spacial score (nSPS) is 12.9. The predicted octanol–water partition coefficient (Wildman–Crippen LogP) is 4.41. The minimum atomic E-state index is -0.281. The molecule has 2 aromatic carbocycles. The third-order valence-electron chi connectivity index (χ3n) is 4.78. The van der Waals surface area contributed by atoms with E-state index in [9.17, 15) is 0 Å². The largest absolute Gasteiger partial charge is 0.382 e. The van der Waals surface area contributed by atoms with Crippen LogP contribution in [0.15, 0.2) is 42.6 Å². The number of aryl methyl sites for hydroxylation is 2. The molecule has 1 atom stereocenters. The summed E-state index contributed by atoms with van der Waals surface area (Å²) in [7, 11) is 1.68. The molecule has 0 bridgehead atoms. The Kier molecular flexibility index (Phi) is 4.49. The fraction of sp³-hybridized carbons (Fsp3) is 0.286. The first-order valence-corrected chi connectivity index (χ1v) is 8.81. The Labute approximate surface area is 152 Å². The smallest absolute Gasteiger partial charge is 0.141 e. The summed E-state index contributed by atoms with van der Waals surface area (Å²) in [6.45, 7) is 5.29. The summed E-state index contributed by atoms with van der Waals surface area (Å²) < 4.78 is 11.4. The first-order chi connectivity index (χ1) is 12.7. The van der Waals surface area contributed by atoms with Gasteiger partial charge in [0, 0.05) is 29.8 Å². The Morgan fingerprint density at radius 1 is 1.08 bits per heavy atom. The van der Waals surface area contributed by atoms with Crippen LogP contribution in [0, 0.1) is 13.8 Å². The van der Waals surface area contributed by atoms with Gasteiger partial charge in [0.1, 0.15) is 11.9 Å². The van der Waals surface area contributed by atoms with E-state index < -0.39 is 0 Å². The highest BCUT2D eigenvalue weighted by Crippen LogP contribution is 2.35. The summed E-state index contributed by atoms with van der Waals surface area (Å²) >= 11 is 0. The third-order valence-corrected chi connectivity index (χ3v) is 4.78. The fourth-order valence-electron chi connectivity index (χ4n) is 3.60. The third kappa shape index (κ3) is 2.89. The van der Waals surface area contributed by atoms with Gasteiger partial charge in [0.05, 0.1) is 24.2 Å². The number of para-hydroxylation sites is 2. The van der Waals surface area contributed by atoms with E-state index in [1.54, 1.807) is 7.11 Å². The average Bonchev–Trinajstić information content (AvgIpc) is 3.27. The van der Waals surface area contributed by atoms with Crippen molar-refractivity contribution in [2.75, 3.05) is 20.3 Å². The molecule has 2 N–H and O–H groups in total. The molecule has 0 spiro atoms. The molecule has 4 aromatic rings. The number of rotatable bonds is 6. The van der Waals surface area contributed by atoms with Crippen LogP contribution in [-0.2, 0) is 9.47 Å². The molecule has 0 aliphatic rings. The van der Waals surface area contributed by atoms with Crippen molar-refractivity contribution >= 4 is 21.9 Å². The molecule has 0 saturated heterocycles. The highest BCUT2D eigenvalue weighted by Gasteiger charge is 2.24. The molecule has 4 rings (SSSR count). The molecule has 0 saturated carbocycles. The topological polar surface area (TPSA) is 62.9 Å². The van der Waals surface area contributed by atoms with E-state index in [2.05, 4.69) is 35.9 Å². The van der Waals surface area contributed by atoms with Crippen molar-refractivity contribution in [1.29, 1.82) is 0 Å². The van der Waals surface area contributed by atoms with E-state index in [4.69, 9.17) is 14.5 Å². The molecular weight excluding hydrogens is 326 g/mol. The van der Waals surface area contributed by atoms with E-state index in [1.807, 2.05) is 30.5 Å². The number of H-pyrrole nitrogens is 2. The van der Waals surface area contributed by atoms with E-state index >= 15 is 0 Å². The Morgan fingerprint density at radius 3 is 2.73 bits per heavy atom. The highest BCUT2D eigenvalue weighted by atomic mass is 16.5. The van der Waals surface area contributed by atoms with Gasteiger partial charge in [-0.2, -0.15) is 0 Å². The van der Waals surface area contributed by atoms with Gasteiger partial charge in [-0.1, -0.05) is 18.2 Å². The Morgan fingerprint density at radius 2 is 1.92 bits per heavy atom. The molecule has 0 amide bonds. The Hall–Kier alpha value is -2.63. The number of nitrogens with zero attached hydrogens (tertiary/aromatic N) is 1. The number of fused-ring (bicyclic) bond motifs is 2. The molecular formula is C21H23N3O2. The molecule has 0 aliphatic heterocycles. The second-order valence-electron chi connectivity index (χ2n) is 6.57. The lowest BCUT2D eigenvalue weighted by Gasteiger charge is -2.20. The maximum Gasteiger partial charge on any atom is 0.141 e. The summed E-state index contributed by atoms with van der Waals surface area (Å²) in [6.07, 6.45) is 1.70. The summed E-state index contributed by atoms with van der Waals surface area (Å²) in [5.41, 5.74) is 6.66. The predicted molar refractivity (Wildman–Crippen MR) is 104 cm³/mol. The lowest BCUT2D eigenvalue weighted by atomic mass is 9.96. The number of aromatic nitrogens is 3. The van der Waals surface area contributed by atoms with Gasteiger partial charge in [-0.25, -0.2) is 4.98 Å². The lowest BCUT2D eigenvalue weighted by molar-refractivity contribution is 0.0326. The van der Waals surface area contributed by atoms with Crippen LogP contribution in [0.1, 0.15) is 28.6 Å². The zero-order chi connectivity index (χ0) is 18.1. The van der Waals surface area contributed by atoms with E-state index in [0.29, 0.717) is 13.2 Å². The molecule has 1 unspecified atom stereocenters. The number of hydrogen-bond acceptors (Lipinski definition) is 3. The molecule has 5 heteroatoms. The Bertz CT molecular complexity index is 1010. The van der Waals surface area contributed by atoms with Crippen molar-refractivity contribution in [2.24, 2.45) is 0 Å².